The Bertz CT molecular complexity index is 494. The fraction of sp³-hybridized carbons (Fsp3) is 0.750. The van der Waals surface area contributed by atoms with Crippen LogP contribution in [-0.4, -0.2) is 27.7 Å². The van der Waals surface area contributed by atoms with Gasteiger partial charge in [-0.3, -0.25) is 4.79 Å². The van der Waals surface area contributed by atoms with Crippen molar-refractivity contribution in [1.29, 1.82) is 0 Å². The van der Waals surface area contributed by atoms with Crippen LogP contribution in [-0.2, 0) is 11.3 Å². The molecular weight excluding hydrogens is 282 g/mol. The zero-order valence-electron chi connectivity index (χ0n) is 12.8. The number of amides is 1. The van der Waals surface area contributed by atoms with Gasteiger partial charge in [-0.1, -0.05) is 19.3 Å². The maximum Gasteiger partial charge on any atom is 0.226 e. The van der Waals surface area contributed by atoms with Crippen molar-refractivity contribution >= 4 is 23.5 Å². The van der Waals surface area contributed by atoms with E-state index in [0.717, 1.165) is 30.5 Å². The summed E-state index contributed by atoms with van der Waals surface area (Å²) in [6.45, 7) is 0.963. The van der Waals surface area contributed by atoms with E-state index in [4.69, 9.17) is 0 Å². The fourth-order valence-electron chi connectivity index (χ4n) is 3.62. The summed E-state index contributed by atoms with van der Waals surface area (Å²) in [7, 11) is 0. The summed E-state index contributed by atoms with van der Waals surface area (Å²) in [5.74, 6) is 3.31. The number of fused-ring (bicyclic) bond motifs is 1. The Morgan fingerprint density at radius 2 is 2.19 bits per heavy atom. The molecule has 1 unspecified atom stereocenters. The summed E-state index contributed by atoms with van der Waals surface area (Å²) in [6.07, 6.45) is 12.5. The number of carbonyl (C=O) groups is 1. The summed E-state index contributed by atoms with van der Waals surface area (Å²) < 4.78 is 2.05. The molecule has 5 heteroatoms. The van der Waals surface area contributed by atoms with Crippen LogP contribution in [0.4, 0.5) is 5.82 Å². The number of hydrogen-bond acceptors (Lipinski definition) is 3. The van der Waals surface area contributed by atoms with Crippen molar-refractivity contribution < 1.29 is 4.79 Å². The molecule has 1 N–H and O–H groups in total. The van der Waals surface area contributed by atoms with Crippen LogP contribution in [0, 0.1) is 5.92 Å². The topological polar surface area (TPSA) is 46.9 Å². The van der Waals surface area contributed by atoms with E-state index in [2.05, 4.69) is 21.4 Å². The molecule has 0 bridgehead atoms. The molecule has 21 heavy (non-hydrogen) atoms. The van der Waals surface area contributed by atoms with Crippen LogP contribution in [0.5, 0.6) is 0 Å². The molecule has 2 aliphatic rings. The maximum atomic E-state index is 12.0. The first-order valence-corrected chi connectivity index (χ1v) is 9.52. The first-order valence-electron chi connectivity index (χ1n) is 8.12. The fourth-order valence-corrected chi connectivity index (χ4v) is 4.14. The third-order valence-corrected chi connectivity index (χ3v) is 5.47. The number of nitrogens with one attached hydrogen (secondary N) is 1. The number of thioether (sulfide) groups is 1. The number of anilines is 1. The lowest BCUT2D eigenvalue weighted by Gasteiger charge is -2.25. The van der Waals surface area contributed by atoms with Gasteiger partial charge in [0.05, 0.1) is 6.20 Å². The summed E-state index contributed by atoms with van der Waals surface area (Å²) in [4.78, 5) is 12.0. The lowest BCUT2D eigenvalue weighted by Crippen LogP contribution is -2.26. The lowest BCUT2D eigenvalue weighted by atomic mass is 9.89. The highest BCUT2D eigenvalue weighted by Crippen LogP contribution is 2.36. The first kappa shape index (κ1) is 14.9. The van der Waals surface area contributed by atoms with E-state index in [-0.39, 0.29) is 5.91 Å². The monoisotopic (exact) mass is 307 g/mol. The van der Waals surface area contributed by atoms with Crippen molar-refractivity contribution in [3.05, 3.63) is 11.8 Å². The van der Waals surface area contributed by atoms with Crippen LogP contribution < -0.4 is 5.32 Å². The molecule has 3 rings (SSSR count). The molecular formula is C16H25N3OS. The van der Waals surface area contributed by atoms with E-state index in [1.165, 1.54) is 37.7 Å². The Morgan fingerprint density at radius 3 is 2.95 bits per heavy atom. The Kier molecular flexibility index (Phi) is 4.88. The van der Waals surface area contributed by atoms with Crippen molar-refractivity contribution in [1.82, 2.24) is 9.78 Å². The van der Waals surface area contributed by atoms with Crippen molar-refractivity contribution in [3.63, 3.8) is 0 Å². The predicted molar refractivity (Wildman–Crippen MR) is 87.8 cm³/mol. The third-order valence-electron chi connectivity index (χ3n) is 4.82. The number of carbonyl (C=O) groups excluding carboxylic acids is 1. The highest BCUT2D eigenvalue weighted by molar-refractivity contribution is 7.98. The second kappa shape index (κ2) is 6.86. The second-order valence-corrected chi connectivity index (χ2v) is 7.35. The van der Waals surface area contributed by atoms with E-state index in [1.54, 1.807) is 0 Å². The van der Waals surface area contributed by atoms with Gasteiger partial charge in [0.15, 0.2) is 0 Å². The van der Waals surface area contributed by atoms with Gasteiger partial charge in [0.1, 0.15) is 5.82 Å². The lowest BCUT2D eigenvalue weighted by molar-refractivity contribution is -0.116. The Hall–Kier alpha value is -0.970. The number of rotatable bonds is 5. The van der Waals surface area contributed by atoms with Crippen molar-refractivity contribution in [2.45, 2.75) is 57.4 Å². The SMILES string of the molecule is CSCCC1CC(=O)Nc2c1cnn2CC1CCCCC1. The minimum absolute atomic E-state index is 0.152. The molecule has 4 nitrogen and oxygen atoms in total. The summed E-state index contributed by atoms with van der Waals surface area (Å²) >= 11 is 1.85. The zero-order chi connectivity index (χ0) is 14.7. The Balaban J connectivity index is 1.74. The number of nitrogens with zero attached hydrogens (tertiary/aromatic N) is 2. The van der Waals surface area contributed by atoms with Gasteiger partial charge in [-0.05, 0) is 43.1 Å². The maximum absolute atomic E-state index is 12.0. The molecule has 1 amide bonds. The molecule has 1 fully saturated rings. The number of aromatic nitrogens is 2. The quantitative estimate of drug-likeness (QED) is 0.903. The minimum atomic E-state index is 0.152. The molecule has 2 heterocycles. The second-order valence-electron chi connectivity index (χ2n) is 6.37. The van der Waals surface area contributed by atoms with Gasteiger partial charge in [-0.25, -0.2) is 4.68 Å². The van der Waals surface area contributed by atoms with Crippen LogP contribution >= 0.6 is 11.8 Å². The largest absolute Gasteiger partial charge is 0.311 e. The highest BCUT2D eigenvalue weighted by Gasteiger charge is 2.29. The van der Waals surface area contributed by atoms with Crippen LogP contribution in [0.3, 0.4) is 0 Å². The standard InChI is InChI=1S/C16H25N3OS/c1-21-8-7-13-9-15(20)18-16-14(13)10-17-19(16)11-12-5-3-2-4-6-12/h10,12-13H,2-9,11H2,1H3,(H,18,20). The van der Waals surface area contributed by atoms with Gasteiger partial charge in [0.25, 0.3) is 0 Å². The van der Waals surface area contributed by atoms with Crippen LogP contribution in [0.25, 0.3) is 0 Å². The average Bonchev–Trinajstić information content (AvgIpc) is 2.89. The average molecular weight is 307 g/mol. The molecule has 0 aromatic carbocycles. The van der Waals surface area contributed by atoms with Gasteiger partial charge >= 0.3 is 0 Å². The summed E-state index contributed by atoms with van der Waals surface area (Å²) in [5.41, 5.74) is 1.25. The van der Waals surface area contributed by atoms with Crippen LogP contribution in [0.2, 0.25) is 0 Å². The molecule has 0 spiro atoms. The van der Waals surface area contributed by atoms with Crippen molar-refractivity contribution in [3.8, 4) is 0 Å². The molecule has 116 valence electrons. The molecule has 0 radical (unpaired) electrons. The van der Waals surface area contributed by atoms with Gasteiger partial charge in [0, 0.05) is 18.5 Å². The smallest absolute Gasteiger partial charge is 0.226 e. The molecule has 1 aromatic rings. The predicted octanol–water partition coefficient (Wildman–Crippen LogP) is 3.64. The van der Waals surface area contributed by atoms with Gasteiger partial charge < -0.3 is 5.32 Å². The summed E-state index contributed by atoms with van der Waals surface area (Å²) in [5, 5.41) is 7.64. The van der Waals surface area contributed by atoms with Crippen molar-refractivity contribution in [2.24, 2.45) is 5.92 Å². The molecule has 1 aliphatic carbocycles. The number of hydrogen-bond donors (Lipinski definition) is 1. The van der Waals surface area contributed by atoms with Gasteiger partial charge in [0.2, 0.25) is 5.91 Å². The Labute approximate surface area is 131 Å². The van der Waals surface area contributed by atoms with E-state index in [1.807, 2.05) is 18.0 Å². The third kappa shape index (κ3) is 3.44. The molecule has 1 saturated carbocycles. The highest BCUT2D eigenvalue weighted by atomic mass is 32.2. The molecule has 1 aliphatic heterocycles. The zero-order valence-corrected chi connectivity index (χ0v) is 13.6. The molecule has 1 aromatic heterocycles. The van der Waals surface area contributed by atoms with Gasteiger partial charge in [-0.2, -0.15) is 16.9 Å². The molecule has 0 saturated heterocycles. The van der Waals surface area contributed by atoms with Gasteiger partial charge in [-0.15, -0.1) is 0 Å². The van der Waals surface area contributed by atoms with Crippen molar-refractivity contribution in [2.75, 3.05) is 17.3 Å². The molecule has 1 atom stereocenters. The summed E-state index contributed by atoms with van der Waals surface area (Å²) in [6, 6.07) is 0. The normalized spacial score (nSPS) is 22.9. The minimum Gasteiger partial charge on any atom is -0.311 e. The Morgan fingerprint density at radius 1 is 1.38 bits per heavy atom. The van der Waals surface area contributed by atoms with Crippen LogP contribution in [0.15, 0.2) is 6.20 Å². The first-order chi connectivity index (χ1) is 10.3. The van der Waals surface area contributed by atoms with E-state index < -0.39 is 0 Å². The van der Waals surface area contributed by atoms with E-state index in [9.17, 15) is 4.79 Å². The van der Waals surface area contributed by atoms with E-state index >= 15 is 0 Å². The van der Waals surface area contributed by atoms with E-state index in [0.29, 0.717) is 12.3 Å². The van der Waals surface area contributed by atoms with Crippen LogP contribution in [0.1, 0.15) is 56.4 Å².